The first-order valence-corrected chi connectivity index (χ1v) is 4.55. The van der Waals surface area contributed by atoms with Crippen LogP contribution < -0.4 is 5.32 Å². The molecule has 0 saturated heterocycles. The zero-order chi connectivity index (χ0) is 10.1. The Morgan fingerprint density at radius 3 is 3.07 bits per heavy atom. The summed E-state index contributed by atoms with van der Waals surface area (Å²) in [7, 11) is 1.85. The predicted molar refractivity (Wildman–Crippen MR) is 53.2 cm³/mol. The summed E-state index contributed by atoms with van der Waals surface area (Å²) in [5.74, 6) is -0.0681. The fourth-order valence-electron chi connectivity index (χ4n) is 1.52. The molecule has 0 saturated carbocycles. The standard InChI is InChI=1S/C10H12N2O2/c1-3-11-10(13)8-6-9-7(12(8)2)4-5-14-9/h4-6H,3H2,1-2H3,(H,11,13). The van der Waals surface area contributed by atoms with Gasteiger partial charge >= 0.3 is 0 Å². The Bertz CT molecular complexity index is 467. The quantitative estimate of drug-likeness (QED) is 0.784. The Hall–Kier alpha value is -1.71. The van der Waals surface area contributed by atoms with Crippen LogP contribution in [-0.2, 0) is 7.05 Å². The molecule has 0 aromatic carbocycles. The van der Waals surface area contributed by atoms with Gasteiger partial charge in [-0.2, -0.15) is 0 Å². The molecular formula is C10H12N2O2. The number of hydrogen-bond acceptors (Lipinski definition) is 2. The van der Waals surface area contributed by atoms with Gasteiger partial charge < -0.3 is 14.3 Å². The van der Waals surface area contributed by atoms with Gasteiger partial charge in [-0.05, 0) is 6.92 Å². The van der Waals surface area contributed by atoms with Crippen molar-refractivity contribution in [2.24, 2.45) is 7.05 Å². The lowest BCUT2D eigenvalue weighted by molar-refractivity contribution is 0.0948. The number of carbonyl (C=O) groups is 1. The molecule has 0 bridgehead atoms. The molecule has 14 heavy (non-hydrogen) atoms. The maximum atomic E-state index is 11.6. The SMILES string of the molecule is CCNC(=O)c1cc2occc2n1C. The minimum absolute atomic E-state index is 0.0681. The van der Waals surface area contributed by atoms with Crippen molar-refractivity contribution in [2.45, 2.75) is 6.92 Å². The van der Waals surface area contributed by atoms with E-state index in [9.17, 15) is 4.79 Å². The number of rotatable bonds is 2. The molecule has 2 rings (SSSR count). The van der Waals surface area contributed by atoms with E-state index in [1.165, 1.54) is 0 Å². The van der Waals surface area contributed by atoms with Crippen LogP contribution in [-0.4, -0.2) is 17.0 Å². The van der Waals surface area contributed by atoms with E-state index in [1.54, 1.807) is 12.3 Å². The molecule has 1 amide bonds. The molecule has 0 aliphatic rings. The number of aryl methyl sites for hydroxylation is 1. The average molecular weight is 192 g/mol. The summed E-state index contributed by atoms with van der Waals surface area (Å²) in [6, 6.07) is 3.60. The van der Waals surface area contributed by atoms with Crippen LogP contribution in [0.25, 0.3) is 11.1 Å². The molecule has 0 unspecified atom stereocenters. The summed E-state index contributed by atoms with van der Waals surface area (Å²) < 4.78 is 7.03. The van der Waals surface area contributed by atoms with Crippen LogP contribution in [0.15, 0.2) is 22.8 Å². The zero-order valence-electron chi connectivity index (χ0n) is 8.20. The van der Waals surface area contributed by atoms with Gasteiger partial charge in [0.15, 0.2) is 5.58 Å². The highest BCUT2D eigenvalue weighted by atomic mass is 16.3. The number of aromatic nitrogens is 1. The highest BCUT2D eigenvalue weighted by Crippen LogP contribution is 2.19. The number of carbonyl (C=O) groups excluding carboxylic acids is 1. The lowest BCUT2D eigenvalue weighted by Crippen LogP contribution is -2.24. The van der Waals surface area contributed by atoms with Crippen LogP contribution in [0.1, 0.15) is 17.4 Å². The van der Waals surface area contributed by atoms with Crippen molar-refractivity contribution < 1.29 is 9.21 Å². The lowest BCUT2D eigenvalue weighted by atomic mass is 10.4. The maximum Gasteiger partial charge on any atom is 0.268 e. The summed E-state index contributed by atoms with van der Waals surface area (Å²) in [6.07, 6.45) is 1.62. The van der Waals surface area contributed by atoms with Crippen molar-refractivity contribution in [3.63, 3.8) is 0 Å². The molecular weight excluding hydrogens is 180 g/mol. The van der Waals surface area contributed by atoms with E-state index in [0.29, 0.717) is 12.2 Å². The maximum absolute atomic E-state index is 11.6. The normalized spacial score (nSPS) is 10.7. The van der Waals surface area contributed by atoms with Gasteiger partial charge in [0.1, 0.15) is 5.69 Å². The third-order valence-corrected chi connectivity index (χ3v) is 2.23. The van der Waals surface area contributed by atoms with E-state index in [4.69, 9.17) is 4.42 Å². The molecule has 0 atom stereocenters. The largest absolute Gasteiger partial charge is 0.463 e. The smallest absolute Gasteiger partial charge is 0.268 e. The van der Waals surface area contributed by atoms with Gasteiger partial charge in [-0.3, -0.25) is 4.79 Å². The summed E-state index contributed by atoms with van der Waals surface area (Å²) in [4.78, 5) is 11.6. The van der Waals surface area contributed by atoms with Crippen molar-refractivity contribution in [1.29, 1.82) is 0 Å². The fraction of sp³-hybridized carbons (Fsp3) is 0.300. The van der Waals surface area contributed by atoms with Crippen molar-refractivity contribution in [1.82, 2.24) is 9.88 Å². The van der Waals surface area contributed by atoms with E-state index < -0.39 is 0 Å². The highest BCUT2D eigenvalue weighted by Gasteiger charge is 2.13. The van der Waals surface area contributed by atoms with Gasteiger partial charge in [0, 0.05) is 25.7 Å². The van der Waals surface area contributed by atoms with E-state index in [2.05, 4.69) is 5.32 Å². The summed E-state index contributed by atoms with van der Waals surface area (Å²) in [5.41, 5.74) is 2.31. The number of hydrogen-bond donors (Lipinski definition) is 1. The lowest BCUT2D eigenvalue weighted by Gasteiger charge is -2.02. The van der Waals surface area contributed by atoms with Crippen molar-refractivity contribution in [3.05, 3.63) is 24.1 Å². The minimum atomic E-state index is -0.0681. The Morgan fingerprint density at radius 2 is 2.43 bits per heavy atom. The van der Waals surface area contributed by atoms with Crippen LogP contribution in [0.2, 0.25) is 0 Å². The zero-order valence-corrected chi connectivity index (χ0v) is 8.20. The van der Waals surface area contributed by atoms with Gasteiger partial charge in [0.2, 0.25) is 0 Å². The Kier molecular flexibility index (Phi) is 2.04. The molecule has 0 aliphatic heterocycles. The molecule has 4 heteroatoms. The van der Waals surface area contributed by atoms with Gasteiger partial charge in [-0.1, -0.05) is 0 Å². The number of nitrogens with zero attached hydrogens (tertiary/aromatic N) is 1. The summed E-state index contributed by atoms with van der Waals surface area (Å²) in [5, 5.41) is 2.75. The first-order chi connectivity index (χ1) is 6.74. The molecule has 0 fully saturated rings. The topological polar surface area (TPSA) is 47.2 Å². The van der Waals surface area contributed by atoms with Crippen LogP contribution in [0, 0.1) is 0 Å². The third kappa shape index (κ3) is 1.19. The molecule has 0 spiro atoms. The van der Waals surface area contributed by atoms with E-state index in [1.807, 2.05) is 24.6 Å². The Morgan fingerprint density at radius 1 is 1.64 bits per heavy atom. The van der Waals surface area contributed by atoms with Crippen LogP contribution in [0.3, 0.4) is 0 Å². The molecule has 2 heterocycles. The second-order valence-corrected chi connectivity index (χ2v) is 3.12. The van der Waals surface area contributed by atoms with Gasteiger partial charge in [-0.15, -0.1) is 0 Å². The molecule has 4 nitrogen and oxygen atoms in total. The molecule has 0 radical (unpaired) electrons. The first-order valence-electron chi connectivity index (χ1n) is 4.55. The Labute approximate surface area is 81.5 Å². The van der Waals surface area contributed by atoms with Crippen LogP contribution in [0.4, 0.5) is 0 Å². The second kappa shape index (κ2) is 3.21. The number of furan rings is 1. The predicted octanol–water partition coefficient (Wildman–Crippen LogP) is 1.52. The van der Waals surface area contributed by atoms with Gasteiger partial charge in [0.25, 0.3) is 5.91 Å². The van der Waals surface area contributed by atoms with E-state index in [-0.39, 0.29) is 5.91 Å². The molecule has 0 aliphatic carbocycles. The minimum Gasteiger partial charge on any atom is -0.463 e. The van der Waals surface area contributed by atoms with Crippen molar-refractivity contribution in [3.8, 4) is 0 Å². The van der Waals surface area contributed by atoms with Crippen molar-refractivity contribution >= 4 is 17.0 Å². The average Bonchev–Trinajstić information content (AvgIpc) is 2.69. The first kappa shape index (κ1) is 8.87. The molecule has 74 valence electrons. The molecule has 1 N–H and O–H groups in total. The van der Waals surface area contributed by atoms with E-state index >= 15 is 0 Å². The summed E-state index contributed by atoms with van der Waals surface area (Å²) in [6.45, 7) is 2.52. The summed E-state index contributed by atoms with van der Waals surface area (Å²) >= 11 is 0. The van der Waals surface area contributed by atoms with Crippen molar-refractivity contribution in [2.75, 3.05) is 6.54 Å². The second-order valence-electron chi connectivity index (χ2n) is 3.12. The fourth-order valence-corrected chi connectivity index (χ4v) is 1.52. The third-order valence-electron chi connectivity index (χ3n) is 2.23. The molecule has 2 aromatic rings. The highest BCUT2D eigenvalue weighted by molar-refractivity contribution is 5.97. The van der Waals surface area contributed by atoms with Crippen LogP contribution >= 0.6 is 0 Å². The van der Waals surface area contributed by atoms with Crippen LogP contribution in [0.5, 0.6) is 0 Å². The number of fused-ring (bicyclic) bond motifs is 1. The Balaban J connectivity index is 2.47. The molecule has 2 aromatic heterocycles. The van der Waals surface area contributed by atoms with Gasteiger partial charge in [-0.25, -0.2) is 0 Å². The van der Waals surface area contributed by atoms with E-state index in [0.717, 1.165) is 11.1 Å². The number of amides is 1. The monoisotopic (exact) mass is 192 g/mol. The van der Waals surface area contributed by atoms with Gasteiger partial charge in [0.05, 0.1) is 11.8 Å². The number of nitrogens with one attached hydrogen (secondary N) is 1.